The molecule has 0 bridgehead atoms. The zero-order valence-corrected chi connectivity index (χ0v) is 14.1. The molecule has 1 aliphatic heterocycles. The van der Waals surface area contributed by atoms with Crippen molar-refractivity contribution >= 4 is 37.9 Å². The molecule has 3 atom stereocenters. The molecule has 0 spiro atoms. The molecule has 1 heterocycles. The van der Waals surface area contributed by atoms with Gasteiger partial charge in [0, 0.05) is 6.54 Å². The number of unbranched alkanes of at least 4 members (excludes halogenated alkanes) is 1. The minimum absolute atomic E-state index is 0. The number of aliphatic hydroxyl groups excluding tert-OH is 1. The number of hydrogen-bond donors (Lipinski definition) is 6. The summed E-state index contributed by atoms with van der Waals surface area (Å²) in [5, 5.41) is 40.3. The van der Waals surface area contributed by atoms with E-state index in [1.54, 1.807) is 0 Å². The molecule has 0 amide bonds. The average Bonchev–Trinajstić information content (AvgIpc) is 2.43. The minimum Gasteiger partial charge on any atom is -0.480 e. The van der Waals surface area contributed by atoms with Gasteiger partial charge in [-0.15, -0.1) is 24.8 Å². The third-order valence-corrected chi connectivity index (χ3v) is 4.01. The van der Waals surface area contributed by atoms with E-state index in [1.165, 1.54) is 0 Å². The van der Waals surface area contributed by atoms with E-state index in [-0.39, 0.29) is 43.5 Å². The first-order chi connectivity index (χ1) is 9.38. The van der Waals surface area contributed by atoms with Crippen molar-refractivity contribution in [3.05, 3.63) is 0 Å². The summed E-state index contributed by atoms with van der Waals surface area (Å²) in [5.74, 6) is -1.37. The normalized spacial score (nSPS) is 21.7. The Morgan fingerprint density at radius 1 is 1.36 bits per heavy atom. The monoisotopic (exact) mass is 360 g/mol. The van der Waals surface area contributed by atoms with E-state index in [4.69, 9.17) is 15.8 Å². The van der Waals surface area contributed by atoms with Crippen molar-refractivity contribution in [2.45, 2.75) is 50.1 Å². The standard InChI is InChI=1S/C12H25BN2O5.2ClH/c14-12(11(17)18,5-1-2-6-13(19)20)10(16)9-4-3-7-15-8-9;;/h9-10,15-16,19-20H,1-8,14H2,(H,17,18);2*1H. The highest BCUT2D eigenvalue weighted by molar-refractivity contribution is 6.40. The quantitative estimate of drug-likeness (QED) is 0.256. The first kappa shape index (κ1) is 24.2. The van der Waals surface area contributed by atoms with Crippen molar-refractivity contribution in [2.75, 3.05) is 13.1 Å². The van der Waals surface area contributed by atoms with Crippen LogP contribution in [0.3, 0.4) is 0 Å². The van der Waals surface area contributed by atoms with Crippen LogP contribution >= 0.6 is 24.8 Å². The summed E-state index contributed by atoms with van der Waals surface area (Å²) in [6, 6.07) is 0. The predicted molar refractivity (Wildman–Crippen MR) is 89.5 cm³/mol. The summed E-state index contributed by atoms with van der Waals surface area (Å²) < 4.78 is 0. The maximum absolute atomic E-state index is 11.4. The Bertz CT molecular complexity index is 322. The van der Waals surface area contributed by atoms with Gasteiger partial charge in [-0.25, -0.2) is 0 Å². The largest absolute Gasteiger partial charge is 0.480 e. The number of halogens is 2. The van der Waals surface area contributed by atoms with Crippen LogP contribution in [0.4, 0.5) is 0 Å². The van der Waals surface area contributed by atoms with E-state index in [9.17, 15) is 15.0 Å². The maximum Gasteiger partial charge on any atom is 0.451 e. The lowest BCUT2D eigenvalue weighted by molar-refractivity contribution is -0.150. The van der Waals surface area contributed by atoms with Gasteiger partial charge in [-0.05, 0) is 38.0 Å². The van der Waals surface area contributed by atoms with Crippen molar-refractivity contribution in [1.82, 2.24) is 5.32 Å². The van der Waals surface area contributed by atoms with Gasteiger partial charge in [-0.3, -0.25) is 4.79 Å². The molecule has 1 rings (SSSR count). The van der Waals surface area contributed by atoms with Crippen LogP contribution in [0.25, 0.3) is 0 Å². The van der Waals surface area contributed by atoms with Crippen molar-refractivity contribution in [3.8, 4) is 0 Å². The molecule has 1 fully saturated rings. The lowest BCUT2D eigenvalue weighted by Crippen LogP contribution is -2.61. The van der Waals surface area contributed by atoms with Crippen molar-refractivity contribution in [3.63, 3.8) is 0 Å². The Kier molecular flexibility index (Phi) is 12.6. The third kappa shape index (κ3) is 7.00. The molecule has 10 heteroatoms. The van der Waals surface area contributed by atoms with E-state index in [0.717, 1.165) is 19.4 Å². The van der Waals surface area contributed by atoms with Gasteiger partial charge < -0.3 is 31.3 Å². The van der Waals surface area contributed by atoms with Gasteiger partial charge >= 0.3 is 13.1 Å². The van der Waals surface area contributed by atoms with Crippen LogP contribution in [0.2, 0.25) is 6.32 Å². The number of aliphatic carboxylic acids is 1. The van der Waals surface area contributed by atoms with Gasteiger partial charge in [-0.1, -0.05) is 12.8 Å². The number of carbonyl (C=O) groups is 1. The number of hydrogen-bond acceptors (Lipinski definition) is 6. The number of nitrogens with two attached hydrogens (primary N) is 1. The SMILES string of the molecule is Cl.Cl.NC(CCCCB(O)O)(C(=O)O)C(O)C1CCCNC1. The van der Waals surface area contributed by atoms with Crippen LogP contribution < -0.4 is 11.1 Å². The number of nitrogens with one attached hydrogen (secondary N) is 1. The summed E-state index contributed by atoms with van der Waals surface area (Å²) in [6.45, 7) is 1.45. The summed E-state index contributed by atoms with van der Waals surface area (Å²) in [4.78, 5) is 11.4. The third-order valence-electron chi connectivity index (χ3n) is 4.01. The molecule has 0 aromatic carbocycles. The smallest absolute Gasteiger partial charge is 0.451 e. The number of carboxylic acids is 1. The Balaban J connectivity index is 0. The molecule has 7 nitrogen and oxygen atoms in total. The average molecular weight is 361 g/mol. The van der Waals surface area contributed by atoms with Gasteiger partial charge in [0.25, 0.3) is 0 Å². The maximum atomic E-state index is 11.4. The Labute approximate surface area is 143 Å². The fraction of sp³-hybridized carbons (Fsp3) is 0.917. The summed E-state index contributed by atoms with van der Waals surface area (Å²) in [7, 11) is -1.39. The van der Waals surface area contributed by atoms with Gasteiger partial charge in [0.15, 0.2) is 0 Å². The second-order valence-corrected chi connectivity index (χ2v) is 5.62. The van der Waals surface area contributed by atoms with E-state index >= 15 is 0 Å². The number of aliphatic hydroxyl groups is 1. The zero-order valence-electron chi connectivity index (χ0n) is 12.5. The predicted octanol–water partition coefficient (Wildman–Crippen LogP) is -0.384. The van der Waals surface area contributed by atoms with Crippen LogP contribution in [0.5, 0.6) is 0 Å². The fourth-order valence-corrected chi connectivity index (χ4v) is 2.69. The molecule has 0 aliphatic carbocycles. The molecule has 0 aromatic heterocycles. The molecule has 3 unspecified atom stereocenters. The van der Waals surface area contributed by atoms with E-state index in [2.05, 4.69) is 5.32 Å². The van der Waals surface area contributed by atoms with Crippen molar-refractivity contribution < 1.29 is 25.1 Å². The number of rotatable bonds is 8. The van der Waals surface area contributed by atoms with Crippen molar-refractivity contribution in [1.29, 1.82) is 0 Å². The van der Waals surface area contributed by atoms with Gasteiger partial charge in [0.05, 0.1) is 6.10 Å². The van der Waals surface area contributed by atoms with E-state index in [0.29, 0.717) is 19.4 Å². The van der Waals surface area contributed by atoms with Crippen LogP contribution in [-0.2, 0) is 4.79 Å². The molecular weight excluding hydrogens is 334 g/mol. The molecule has 22 heavy (non-hydrogen) atoms. The first-order valence-electron chi connectivity index (χ1n) is 7.15. The van der Waals surface area contributed by atoms with Gasteiger partial charge in [0.2, 0.25) is 0 Å². The highest BCUT2D eigenvalue weighted by Crippen LogP contribution is 2.26. The number of piperidine rings is 1. The van der Waals surface area contributed by atoms with E-state index in [1.807, 2.05) is 0 Å². The summed E-state index contributed by atoms with van der Waals surface area (Å²) in [6.07, 6.45) is 1.73. The molecule has 1 aliphatic rings. The van der Waals surface area contributed by atoms with Crippen LogP contribution in [0, 0.1) is 5.92 Å². The minimum atomic E-state index is -1.68. The molecular formula is C12H27BCl2N2O5. The second-order valence-electron chi connectivity index (χ2n) is 5.62. The molecule has 0 radical (unpaired) electrons. The summed E-state index contributed by atoms with van der Waals surface area (Å²) in [5.41, 5.74) is 4.25. The Hall–Kier alpha value is -0.0851. The summed E-state index contributed by atoms with van der Waals surface area (Å²) >= 11 is 0. The van der Waals surface area contributed by atoms with Crippen LogP contribution in [0.15, 0.2) is 0 Å². The highest BCUT2D eigenvalue weighted by atomic mass is 35.5. The van der Waals surface area contributed by atoms with Gasteiger partial charge in [0.1, 0.15) is 5.54 Å². The van der Waals surface area contributed by atoms with Crippen LogP contribution in [0.1, 0.15) is 32.1 Å². The molecule has 7 N–H and O–H groups in total. The Morgan fingerprint density at radius 2 is 2.00 bits per heavy atom. The topological polar surface area (TPSA) is 136 Å². The lowest BCUT2D eigenvalue weighted by atomic mass is 9.76. The van der Waals surface area contributed by atoms with Crippen molar-refractivity contribution in [2.24, 2.45) is 11.7 Å². The van der Waals surface area contributed by atoms with Crippen LogP contribution in [-0.4, -0.2) is 58.1 Å². The molecule has 0 saturated carbocycles. The second kappa shape index (κ2) is 11.5. The first-order valence-corrected chi connectivity index (χ1v) is 7.15. The highest BCUT2D eigenvalue weighted by Gasteiger charge is 2.44. The molecule has 1 saturated heterocycles. The lowest BCUT2D eigenvalue weighted by Gasteiger charge is -2.37. The molecule has 132 valence electrons. The molecule has 0 aromatic rings. The number of carboxylic acid groups (broad SMARTS) is 1. The van der Waals surface area contributed by atoms with E-state index < -0.39 is 24.7 Å². The van der Waals surface area contributed by atoms with Gasteiger partial charge in [-0.2, -0.15) is 0 Å². The zero-order chi connectivity index (χ0) is 15.2. The fourth-order valence-electron chi connectivity index (χ4n) is 2.69. The Morgan fingerprint density at radius 3 is 2.45 bits per heavy atom.